The number of carboxylic acid groups (broad SMARTS) is 1. The second-order valence-electron chi connectivity index (χ2n) is 10.6. The molecule has 230 valence electrons. The van der Waals surface area contributed by atoms with Gasteiger partial charge >= 0.3 is 5.97 Å². The number of anilines is 2. The first-order valence-corrected chi connectivity index (χ1v) is 14.5. The van der Waals surface area contributed by atoms with Crippen molar-refractivity contribution in [2.75, 3.05) is 36.4 Å². The minimum absolute atomic E-state index is 0.0250. The molecule has 1 aromatic heterocycles. The molecule has 11 heteroatoms. The topological polar surface area (TPSA) is 132 Å². The maximum Gasteiger partial charge on any atom is 0.305 e. The molecule has 1 aliphatic rings. The fourth-order valence-corrected chi connectivity index (χ4v) is 5.21. The van der Waals surface area contributed by atoms with Crippen LogP contribution in [0.1, 0.15) is 44.3 Å². The van der Waals surface area contributed by atoms with Crippen LogP contribution in [0.2, 0.25) is 0 Å². The van der Waals surface area contributed by atoms with Gasteiger partial charge in [0.05, 0.1) is 30.3 Å². The molecule has 10 nitrogen and oxygen atoms in total. The Hall–Kier alpha value is -5.58. The molecule has 45 heavy (non-hydrogen) atoms. The van der Waals surface area contributed by atoms with Gasteiger partial charge in [-0.2, -0.15) is 0 Å². The normalized spacial score (nSPS) is 13.5. The average molecular weight is 610 g/mol. The van der Waals surface area contributed by atoms with Crippen LogP contribution in [0.15, 0.2) is 97.3 Å². The fourth-order valence-electron chi connectivity index (χ4n) is 5.21. The number of carboxylic acids is 1. The number of nitrogens with one attached hydrogen (secondary N) is 2. The van der Waals surface area contributed by atoms with Gasteiger partial charge < -0.3 is 25.5 Å². The van der Waals surface area contributed by atoms with E-state index < -0.39 is 29.6 Å². The molecule has 0 saturated carbocycles. The number of carbonyl (C=O) groups is 4. The van der Waals surface area contributed by atoms with Crippen LogP contribution in [0.3, 0.4) is 0 Å². The van der Waals surface area contributed by atoms with E-state index in [1.54, 1.807) is 35.4 Å². The molecule has 1 atom stereocenters. The zero-order valence-corrected chi connectivity index (χ0v) is 24.4. The highest BCUT2D eigenvalue weighted by Crippen LogP contribution is 2.30. The summed E-state index contributed by atoms with van der Waals surface area (Å²) in [6, 6.07) is 22.1. The lowest BCUT2D eigenvalue weighted by molar-refractivity contribution is -0.137. The van der Waals surface area contributed by atoms with Crippen LogP contribution in [-0.4, -0.2) is 64.9 Å². The molecule has 0 spiro atoms. The molecule has 2 heterocycles. The summed E-state index contributed by atoms with van der Waals surface area (Å²) in [5.41, 5.74) is 2.70. The quantitative estimate of drug-likeness (QED) is 0.244. The fraction of sp³-hybridized carbons (Fsp3) is 0.206. The van der Waals surface area contributed by atoms with E-state index in [2.05, 4.69) is 15.6 Å². The van der Waals surface area contributed by atoms with E-state index in [9.17, 15) is 28.7 Å². The molecule has 4 aromatic rings. The molecule has 1 unspecified atom stereocenters. The number of amides is 3. The largest absolute Gasteiger partial charge is 0.481 e. The summed E-state index contributed by atoms with van der Waals surface area (Å²) < 4.78 is 13.9. The van der Waals surface area contributed by atoms with E-state index in [-0.39, 0.29) is 23.5 Å². The summed E-state index contributed by atoms with van der Waals surface area (Å²) in [4.78, 5) is 58.8. The highest BCUT2D eigenvalue weighted by Gasteiger charge is 2.25. The van der Waals surface area contributed by atoms with E-state index in [1.165, 1.54) is 30.5 Å². The van der Waals surface area contributed by atoms with Crippen molar-refractivity contribution in [2.45, 2.75) is 18.9 Å². The van der Waals surface area contributed by atoms with E-state index in [0.29, 0.717) is 49.5 Å². The predicted molar refractivity (Wildman–Crippen MR) is 166 cm³/mol. The van der Waals surface area contributed by atoms with Crippen molar-refractivity contribution >= 4 is 35.1 Å². The SMILES string of the molecule is O=C(O)CC(NC(=O)c1ccc(N2CCN(C(=O)Cc3ccccc3)CC2)c(NC(=O)c2cccc(F)c2)c1)c1cccnc1. The van der Waals surface area contributed by atoms with Crippen molar-refractivity contribution in [2.24, 2.45) is 0 Å². The lowest BCUT2D eigenvalue weighted by atomic mass is 10.0. The number of nitrogens with zero attached hydrogens (tertiary/aromatic N) is 3. The minimum atomic E-state index is -1.09. The monoisotopic (exact) mass is 609 g/mol. The first-order chi connectivity index (χ1) is 21.8. The number of hydrogen-bond donors (Lipinski definition) is 3. The van der Waals surface area contributed by atoms with Gasteiger partial charge in [0.15, 0.2) is 0 Å². The first kappa shape index (κ1) is 30.9. The summed E-state index contributed by atoms with van der Waals surface area (Å²) in [5, 5.41) is 15.0. The Morgan fingerprint density at radius 1 is 0.844 bits per heavy atom. The Kier molecular flexibility index (Phi) is 9.78. The highest BCUT2D eigenvalue weighted by atomic mass is 19.1. The smallest absolute Gasteiger partial charge is 0.305 e. The number of rotatable bonds is 10. The van der Waals surface area contributed by atoms with Gasteiger partial charge in [-0.05, 0) is 53.6 Å². The van der Waals surface area contributed by atoms with Gasteiger partial charge in [-0.25, -0.2) is 4.39 Å². The summed E-state index contributed by atoms with van der Waals surface area (Å²) >= 11 is 0. The Morgan fingerprint density at radius 2 is 1.60 bits per heavy atom. The number of piperazine rings is 1. The van der Waals surface area contributed by atoms with Gasteiger partial charge in [0.2, 0.25) is 5.91 Å². The predicted octanol–water partition coefficient (Wildman–Crippen LogP) is 4.31. The number of aliphatic carboxylic acids is 1. The van der Waals surface area contributed by atoms with Crippen molar-refractivity contribution in [3.05, 3.63) is 125 Å². The molecule has 5 rings (SSSR count). The van der Waals surface area contributed by atoms with Crippen molar-refractivity contribution < 1.29 is 28.7 Å². The molecule has 3 N–H and O–H groups in total. The van der Waals surface area contributed by atoms with Gasteiger partial charge in [0.25, 0.3) is 11.8 Å². The summed E-state index contributed by atoms with van der Waals surface area (Å²) in [7, 11) is 0. The number of carbonyl (C=O) groups excluding carboxylic acids is 3. The van der Waals surface area contributed by atoms with Crippen LogP contribution in [0.4, 0.5) is 15.8 Å². The van der Waals surface area contributed by atoms with Gasteiger partial charge in [-0.3, -0.25) is 24.2 Å². The number of benzene rings is 3. The second-order valence-corrected chi connectivity index (χ2v) is 10.6. The zero-order valence-electron chi connectivity index (χ0n) is 24.4. The van der Waals surface area contributed by atoms with Crippen LogP contribution < -0.4 is 15.5 Å². The van der Waals surface area contributed by atoms with Gasteiger partial charge in [-0.1, -0.05) is 42.5 Å². The summed E-state index contributed by atoms with van der Waals surface area (Å²) in [5.74, 6) is -2.74. The molecule has 3 amide bonds. The van der Waals surface area contributed by atoms with Crippen LogP contribution in [0.5, 0.6) is 0 Å². The van der Waals surface area contributed by atoms with Crippen molar-refractivity contribution in [3.8, 4) is 0 Å². The van der Waals surface area contributed by atoms with Crippen LogP contribution in [0.25, 0.3) is 0 Å². The Morgan fingerprint density at radius 3 is 2.29 bits per heavy atom. The standard InChI is InChI=1S/C34H32FN5O5/c35-27-10-4-8-24(19-27)33(44)38-29-20-25(34(45)37-28(21-32(42)43)26-9-5-13-36-22-26)11-12-30(29)39-14-16-40(17-15-39)31(41)18-23-6-2-1-3-7-23/h1-13,19-20,22,28H,14-18,21H2,(H,37,45)(H,38,44)(H,42,43). The molecule has 1 aliphatic heterocycles. The van der Waals surface area contributed by atoms with E-state index >= 15 is 0 Å². The number of aromatic nitrogens is 1. The number of pyridine rings is 1. The lowest BCUT2D eigenvalue weighted by Gasteiger charge is -2.37. The molecular formula is C34H32FN5O5. The lowest BCUT2D eigenvalue weighted by Crippen LogP contribution is -2.49. The van der Waals surface area contributed by atoms with Crippen LogP contribution in [-0.2, 0) is 16.0 Å². The van der Waals surface area contributed by atoms with Crippen molar-refractivity contribution in [1.82, 2.24) is 15.2 Å². The average Bonchev–Trinajstić information content (AvgIpc) is 3.05. The van der Waals surface area contributed by atoms with Crippen LogP contribution >= 0.6 is 0 Å². The minimum Gasteiger partial charge on any atom is -0.481 e. The van der Waals surface area contributed by atoms with E-state index in [1.807, 2.05) is 35.2 Å². The molecule has 3 aromatic carbocycles. The Bertz CT molecular complexity index is 1680. The second kappa shape index (κ2) is 14.3. The summed E-state index contributed by atoms with van der Waals surface area (Å²) in [6.07, 6.45) is 2.99. The van der Waals surface area contributed by atoms with Crippen LogP contribution in [0, 0.1) is 5.82 Å². The Labute approximate surface area is 259 Å². The molecule has 0 bridgehead atoms. The van der Waals surface area contributed by atoms with Gasteiger partial charge in [0, 0.05) is 49.7 Å². The molecule has 0 aliphatic carbocycles. The summed E-state index contributed by atoms with van der Waals surface area (Å²) in [6.45, 7) is 1.90. The number of halogens is 1. The molecule has 1 saturated heterocycles. The first-order valence-electron chi connectivity index (χ1n) is 14.5. The Balaban J connectivity index is 1.36. The van der Waals surface area contributed by atoms with Gasteiger partial charge in [-0.15, -0.1) is 0 Å². The highest BCUT2D eigenvalue weighted by molar-refractivity contribution is 6.07. The van der Waals surface area contributed by atoms with E-state index in [0.717, 1.165) is 11.6 Å². The van der Waals surface area contributed by atoms with Crippen molar-refractivity contribution in [3.63, 3.8) is 0 Å². The van der Waals surface area contributed by atoms with Crippen molar-refractivity contribution in [1.29, 1.82) is 0 Å². The molecule has 0 radical (unpaired) electrons. The maximum atomic E-state index is 13.9. The maximum absolute atomic E-state index is 13.9. The molecular weight excluding hydrogens is 577 g/mol. The zero-order chi connectivity index (χ0) is 31.8. The van der Waals surface area contributed by atoms with E-state index in [4.69, 9.17) is 0 Å². The third-order valence-corrected chi connectivity index (χ3v) is 7.54. The molecule has 1 fully saturated rings. The third kappa shape index (κ3) is 8.08. The third-order valence-electron chi connectivity index (χ3n) is 7.54. The number of hydrogen-bond acceptors (Lipinski definition) is 6. The van der Waals surface area contributed by atoms with Gasteiger partial charge in [0.1, 0.15) is 5.82 Å².